The number of nitrogens with zero attached hydrogens (tertiary/aromatic N) is 3. The number of hydrogen-bond acceptors (Lipinski definition) is 9. The molecule has 5 rings (SSSR count). The molecular formula is C22H22N4O7S. The predicted octanol–water partition coefficient (Wildman–Crippen LogP) is 2.51. The molecule has 0 radical (unpaired) electrons. The third-order valence-corrected chi connectivity index (χ3v) is 7.61. The monoisotopic (exact) mass is 486 g/mol. The van der Waals surface area contributed by atoms with E-state index >= 15 is 0 Å². The van der Waals surface area contributed by atoms with Gasteiger partial charge in [-0.2, -0.15) is 4.31 Å². The highest BCUT2D eigenvalue weighted by atomic mass is 32.2. The lowest BCUT2D eigenvalue weighted by Gasteiger charge is -2.30. The van der Waals surface area contributed by atoms with E-state index in [-0.39, 0.29) is 36.0 Å². The van der Waals surface area contributed by atoms with Crippen LogP contribution in [0.1, 0.15) is 12.8 Å². The van der Waals surface area contributed by atoms with Crippen LogP contribution in [0.15, 0.2) is 51.8 Å². The van der Waals surface area contributed by atoms with Crippen LogP contribution >= 0.6 is 0 Å². The first kappa shape index (κ1) is 22.2. The van der Waals surface area contributed by atoms with Crippen LogP contribution in [-0.4, -0.2) is 55.8 Å². The molecule has 0 bridgehead atoms. The lowest BCUT2D eigenvalue weighted by Crippen LogP contribution is -2.43. The number of carbonyl (C=O) groups excluding carboxylic acids is 1. The first-order valence-electron chi connectivity index (χ1n) is 10.6. The average Bonchev–Trinajstić information content (AvgIpc) is 3.53. The van der Waals surface area contributed by atoms with E-state index in [4.69, 9.17) is 18.6 Å². The zero-order chi connectivity index (χ0) is 23.7. The van der Waals surface area contributed by atoms with Gasteiger partial charge in [-0.1, -0.05) is 5.10 Å². The highest BCUT2D eigenvalue weighted by Crippen LogP contribution is 2.36. The van der Waals surface area contributed by atoms with Crippen LogP contribution in [0.25, 0.3) is 11.5 Å². The van der Waals surface area contributed by atoms with Gasteiger partial charge >= 0.3 is 6.01 Å². The molecule has 12 heteroatoms. The maximum Gasteiger partial charge on any atom is 0.322 e. The molecule has 1 saturated heterocycles. The molecule has 11 nitrogen and oxygen atoms in total. The largest absolute Gasteiger partial charge is 0.497 e. The standard InChI is InChI=1S/C22H22N4O7S/c1-30-16-5-7-17(8-6-16)34(28,29)26-10-2-3-15(12-26)20(27)23-22-25-24-21(33-22)14-4-9-18-19(11-14)32-13-31-18/h4-9,11,15H,2-3,10,12-13H2,1H3,(H,23,25,27). The van der Waals surface area contributed by atoms with E-state index in [1.54, 1.807) is 30.3 Å². The van der Waals surface area contributed by atoms with Gasteiger partial charge in [0.1, 0.15) is 5.75 Å². The Morgan fingerprint density at radius 1 is 1.12 bits per heavy atom. The second-order valence-corrected chi connectivity index (χ2v) is 9.79. The molecule has 0 saturated carbocycles. The number of nitrogens with one attached hydrogen (secondary N) is 1. The minimum absolute atomic E-state index is 0.0589. The second kappa shape index (κ2) is 8.95. The molecule has 178 valence electrons. The SMILES string of the molecule is COc1ccc(S(=O)(=O)N2CCCC(C(=O)Nc3nnc(-c4ccc5c(c4)OCO5)o3)C2)cc1. The van der Waals surface area contributed by atoms with Crippen molar-refractivity contribution in [2.75, 3.05) is 32.3 Å². The summed E-state index contributed by atoms with van der Waals surface area (Å²) in [7, 11) is -2.23. The van der Waals surface area contributed by atoms with E-state index in [1.165, 1.54) is 23.5 Å². The minimum Gasteiger partial charge on any atom is -0.497 e. The van der Waals surface area contributed by atoms with Gasteiger partial charge in [-0.05, 0) is 55.3 Å². The van der Waals surface area contributed by atoms with Gasteiger partial charge in [0.15, 0.2) is 11.5 Å². The number of sulfonamides is 1. The number of fused-ring (bicyclic) bond motifs is 1. The van der Waals surface area contributed by atoms with Crippen molar-refractivity contribution in [3.63, 3.8) is 0 Å². The minimum atomic E-state index is -3.74. The van der Waals surface area contributed by atoms with Crippen molar-refractivity contribution in [3.05, 3.63) is 42.5 Å². The molecule has 0 spiro atoms. The Morgan fingerprint density at radius 2 is 1.91 bits per heavy atom. The van der Waals surface area contributed by atoms with Crippen molar-refractivity contribution >= 4 is 21.9 Å². The third-order valence-electron chi connectivity index (χ3n) is 5.73. The summed E-state index contributed by atoms with van der Waals surface area (Å²) < 4.78 is 48.7. The Kier molecular flexibility index (Phi) is 5.84. The average molecular weight is 487 g/mol. The molecule has 3 aromatic rings. The zero-order valence-corrected chi connectivity index (χ0v) is 19.1. The predicted molar refractivity (Wildman–Crippen MR) is 119 cm³/mol. The molecule has 0 aliphatic carbocycles. The molecular weight excluding hydrogens is 464 g/mol. The third kappa shape index (κ3) is 4.29. The molecule has 1 unspecified atom stereocenters. The summed E-state index contributed by atoms with van der Waals surface area (Å²) in [5.41, 5.74) is 0.617. The molecule has 3 heterocycles. The number of amides is 1. The summed E-state index contributed by atoms with van der Waals surface area (Å²) in [6.45, 7) is 0.548. The first-order valence-corrected chi connectivity index (χ1v) is 12.1. The fraction of sp³-hybridized carbons (Fsp3) is 0.318. The van der Waals surface area contributed by atoms with E-state index in [9.17, 15) is 13.2 Å². The summed E-state index contributed by atoms with van der Waals surface area (Å²) in [6, 6.07) is 11.3. The maximum absolute atomic E-state index is 13.0. The van der Waals surface area contributed by atoms with Crippen LogP contribution in [-0.2, 0) is 14.8 Å². The molecule has 2 aliphatic rings. The second-order valence-electron chi connectivity index (χ2n) is 7.85. The van der Waals surface area contributed by atoms with E-state index in [1.807, 2.05) is 0 Å². The molecule has 34 heavy (non-hydrogen) atoms. The Morgan fingerprint density at radius 3 is 2.71 bits per heavy atom. The van der Waals surface area contributed by atoms with Gasteiger partial charge in [0.2, 0.25) is 28.6 Å². The Balaban J connectivity index is 1.25. The van der Waals surface area contributed by atoms with E-state index in [2.05, 4.69) is 15.5 Å². The molecule has 1 atom stereocenters. The van der Waals surface area contributed by atoms with E-state index in [0.29, 0.717) is 42.2 Å². The van der Waals surface area contributed by atoms with Crippen molar-refractivity contribution in [1.82, 2.24) is 14.5 Å². The number of piperidine rings is 1. The number of rotatable bonds is 6. The normalized spacial score (nSPS) is 18.0. The van der Waals surface area contributed by atoms with Gasteiger partial charge in [0.25, 0.3) is 0 Å². The number of ether oxygens (including phenoxy) is 3. The van der Waals surface area contributed by atoms with Crippen molar-refractivity contribution in [3.8, 4) is 28.7 Å². The summed E-state index contributed by atoms with van der Waals surface area (Å²) >= 11 is 0. The highest BCUT2D eigenvalue weighted by molar-refractivity contribution is 7.89. The molecule has 1 aromatic heterocycles. The topological polar surface area (TPSA) is 133 Å². The van der Waals surface area contributed by atoms with Crippen LogP contribution in [0.4, 0.5) is 6.01 Å². The molecule has 1 amide bonds. The first-order chi connectivity index (χ1) is 16.4. The fourth-order valence-corrected chi connectivity index (χ4v) is 5.42. The zero-order valence-electron chi connectivity index (χ0n) is 18.3. The van der Waals surface area contributed by atoms with Crippen LogP contribution in [0, 0.1) is 5.92 Å². The summed E-state index contributed by atoms with van der Waals surface area (Å²) in [5, 5.41) is 10.5. The number of hydrogen-bond donors (Lipinski definition) is 1. The lowest BCUT2D eigenvalue weighted by atomic mass is 9.99. The molecule has 1 N–H and O–H groups in total. The summed E-state index contributed by atoms with van der Waals surface area (Å²) in [6.07, 6.45) is 1.10. The van der Waals surface area contributed by atoms with Gasteiger partial charge < -0.3 is 18.6 Å². The van der Waals surface area contributed by atoms with Gasteiger partial charge in [-0.3, -0.25) is 10.1 Å². The van der Waals surface area contributed by atoms with Crippen LogP contribution < -0.4 is 19.5 Å². The lowest BCUT2D eigenvalue weighted by molar-refractivity contribution is -0.121. The van der Waals surface area contributed by atoms with E-state index in [0.717, 1.165) is 0 Å². The Labute approximate surface area is 195 Å². The molecule has 1 fully saturated rings. The van der Waals surface area contributed by atoms with Crippen LogP contribution in [0.5, 0.6) is 17.2 Å². The number of methoxy groups -OCH3 is 1. The smallest absolute Gasteiger partial charge is 0.322 e. The molecule has 2 aromatic carbocycles. The fourth-order valence-electron chi connectivity index (χ4n) is 3.90. The van der Waals surface area contributed by atoms with Crippen molar-refractivity contribution in [2.45, 2.75) is 17.7 Å². The Hall–Kier alpha value is -3.64. The van der Waals surface area contributed by atoms with Crippen molar-refractivity contribution in [2.24, 2.45) is 5.92 Å². The van der Waals surface area contributed by atoms with Crippen LogP contribution in [0.3, 0.4) is 0 Å². The molecule has 2 aliphatic heterocycles. The van der Waals surface area contributed by atoms with Gasteiger partial charge in [0, 0.05) is 18.7 Å². The number of aromatic nitrogens is 2. The van der Waals surface area contributed by atoms with E-state index < -0.39 is 15.9 Å². The summed E-state index contributed by atoms with van der Waals surface area (Å²) in [5.74, 6) is 1.04. The highest BCUT2D eigenvalue weighted by Gasteiger charge is 2.34. The maximum atomic E-state index is 13.0. The number of anilines is 1. The van der Waals surface area contributed by atoms with Crippen molar-refractivity contribution in [1.29, 1.82) is 0 Å². The summed E-state index contributed by atoms with van der Waals surface area (Å²) in [4.78, 5) is 13.0. The van der Waals surface area contributed by atoms with Crippen LogP contribution in [0.2, 0.25) is 0 Å². The van der Waals surface area contributed by atoms with Gasteiger partial charge in [-0.15, -0.1) is 5.10 Å². The number of carbonyl (C=O) groups is 1. The van der Waals surface area contributed by atoms with Crippen molar-refractivity contribution < 1.29 is 31.8 Å². The quantitative estimate of drug-likeness (QED) is 0.558. The Bertz CT molecular complexity index is 1310. The van der Waals surface area contributed by atoms with Gasteiger partial charge in [-0.25, -0.2) is 8.42 Å². The number of benzene rings is 2. The van der Waals surface area contributed by atoms with Gasteiger partial charge in [0.05, 0.1) is 17.9 Å².